The van der Waals surface area contributed by atoms with E-state index in [1.54, 1.807) is 0 Å². The highest BCUT2D eigenvalue weighted by Crippen LogP contribution is 2.27. The van der Waals surface area contributed by atoms with Gasteiger partial charge in [-0.1, -0.05) is 53.5 Å². The topological polar surface area (TPSA) is 0 Å². The van der Waals surface area contributed by atoms with Crippen molar-refractivity contribution in [3.63, 3.8) is 0 Å². The molecule has 0 nitrogen and oxygen atoms in total. The zero-order valence-corrected chi connectivity index (χ0v) is 10.5. The molecule has 0 aromatic heterocycles. The summed E-state index contributed by atoms with van der Waals surface area (Å²) in [4.78, 5) is 0.478. The summed E-state index contributed by atoms with van der Waals surface area (Å²) >= 11 is 9.62. The molecule has 0 saturated heterocycles. The molecular weight excluding hydrogens is 247 g/mol. The highest BCUT2D eigenvalue weighted by atomic mass is 79.9. The van der Waals surface area contributed by atoms with Crippen molar-refractivity contribution in [1.82, 2.24) is 0 Å². The quantitative estimate of drug-likeness (QED) is 0.686. The highest BCUT2D eigenvalue weighted by Gasteiger charge is 2.11. The summed E-state index contributed by atoms with van der Waals surface area (Å²) in [5.41, 5.74) is 2.43. The highest BCUT2D eigenvalue weighted by molar-refractivity contribution is 9.09. The first-order valence-electron chi connectivity index (χ1n) is 4.42. The summed E-state index contributed by atoms with van der Waals surface area (Å²) in [6, 6.07) is 6.27. The number of benzene rings is 1. The molecule has 1 aromatic carbocycles. The Morgan fingerprint density at radius 1 is 1.31 bits per heavy atom. The van der Waals surface area contributed by atoms with Gasteiger partial charge in [-0.25, -0.2) is 0 Å². The Kier molecular flexibility index (Phi) is 3.81. The SMILES string of the molecule is Cc1ccc(C(C)C(C)Br)cc1Cl. The van der Waals surface area contributed by atoms with Crippen LogP contribution < -0.4 is 0 Å². The molecule has 0 aliphatic heterocycles. The minimum atomic E-state index is 0.478. The van der Waals surface area contributed by atoms with E-state index in [0.717, 1.165) is 10.6 Å². The number of rotatable bonds is 2. The molecule has 0 fully saturated rings. The average molecular weight is 262 g/mol. The molecule has 0 aliphatic rings. The van der Waals surface area contributed by atoms with Crippen LogP contribution in [0.3, 0.4) is 0 Å². The van der Waals surface area contributed by atoms with Gasteiger partial charge in [-0.05, 0) is 30.0 Å². The Morgan fingerprint density at radius 3 is 2.38 bits per heavy atom. The van der Waals surface area contributed by atoms with Gasteiger partial charge in [0.2, 0.25) is 0 Å². The van der Waals surface area contributed by atoms with Gasteiger partial charge >= 0.3 is 0 Å². The van der Waals surface area contributed by atoms with Crippen molar-refractivity contribution < 1.29 is 0 Å². The first-order chi connectivity index (χ1) is 6.02. The van der Waals surface area contributed by atoms with Crippen molar-refractivity contribution in [2.24, 2.45) is 0 Å². The van der Waals surface area contributed by atoms with Crippen LogP contribution in [0.15, 0.2) is 18.2 Å². The van der Waals surface area contributed by atoms with Gasteiger partial charge in [-0.15, -0.1) is 0 Å². The lowest BCUT2D eigenvalue weighted by Gasteiger charge is -2.15. The maximum atomic E-state index is 6.05. The van der Waals surface area contributed by atoms with Crippen LogP contribution in [-0.2, 0) is 0 Å². The van der Waals surface area contributed by atoms with Gasteiger partial charge in [-0.3, -0.25) is 0 Å². The van der Waals surface area contributed by atoms with Crippen LogP contribution in [0.1, 0.15) is 30.9 Å². The van der Waals surface area contributed by atoms with Crippen molar-refractivity contribution in [2.45, 2.75) is 31.5 Å². The van der Waals surface area contributed by atoms with Crippen LogP contribution in [0, 0.1) is 6.92 Å². The lowest BCUT2D eigenvalue weighted by Crippen LogP contribution is -2.04. The van der Waals surface area contributed by atoms with Gasteiger partial charge in [0.05, 0.1) is 0 Å². The third-order valence-corrected chi connectivity index (χ3v) is 3.61. The monoisotopic (exact) mass is 260 g/mol. The summed E-state index contributed by atoms with van der Waals surface area (Å²) in [6.07, 6.45) is 0. The number of halogens is 2. The van der Waals surface area contributed by atoms with Crippen molar-refractivity contribution >= 4 is 27.5 Å². The summed E-state index contributed by atoms with van der Waals surface area (Å²) < 4.78 is 0. The minimum Gasteiger partial charge on any atom is -0.0887 e. The van der Waals surface area contributed by atoms with Crippen LogP contribution in [0.2, 0.25) is 5.02 Å². The van der Waals surface area contributed by atoms with Gasteiger partial charge in [0.15, 0.2) is 0 Å². The van der Waals surface area contributed by atoms with Crippen LogP contribution in [0.25, 0.3) is 0 Å². The largest absolute Gasteiger partial charge is 0.0887 e. The molecule has 0 saturated carbocycles. The Hall–Kier alpha value is -0.0100. The van der Waals surface area contributed by atoms with E-state index in [-0.39, 0.29) is 0 Å². The molecule has 0 amide bonds. The van der Waals surface area contributed by atoms with Crippen LogP contribution in [0.5, 0.6) is 0 Å². The summed E-state index contributed by atoms with van der Waals surface area (Å²) in [5.74, 6) is 0.498. The molecule has 1 rings (SSSR count). The van der Waals surface area contributed by atoms with Gasteiger partial charge in [-0.2, -0.15) is 0 Å². The van der Waals surface area contributed by atoms with Crippen molar-refractivity contribution in [3.8, 4) is 0 Å². The predicted molar refractivity (Wildman–Crippen MR) is 63.0 cm³/mol. The van der Waals surface area contributed by atoms with Crippen LogP contribution in [0.4, 0.5) is 0 Å². The third-order valence-electron chi connectivity index (χ3n) is 2.41. The van der Waals surface area contributed by atoms with Gasteiger partial charge in [0.1, 0.15) is 0 Å². The Morgan fingerprint density at radius 2 is 1.92 bits per heavy atom. The zero-order valence-electron chi connectivity index (χ0n) is 8.14. The molecular formula is C11H14BrCl. The fourth-order valence-corrected chi connectivity index (χ4v) is 1.65. The first-order valence-corrected chi connectivity index (χ1v) is 5.72. The minimum absolute atomic E-state index is 0.478. The van der Waals surface area contributed by atoms with E-state index in [1.165, 1.54) is 5.56 Å². The van der Waals surface area contributed by atoms with E-state index < -0.39 is 0 Å². The number of hydrogen-bond acceptors (Lipinski definition) is 0. The normalized spacial score (nSPS) is 15.5. The maximum absolute atomic E-state index is 6.05. The van der Waals surface area contributed by atoms with Crippen molar-refractivity contribution in [3.05, 3.63) is 34.3 Å². The lowest BCUT2D eigenvalue weighted by molar-refractivity contribution is 0.761. The number of alkyl halides is 1. The average Bonchev–Trinajstić information content (AvgIpc) is 2.08. The Balaban J connectivity index is 2.97. The van der Waals surface area contributed by atoms with E-state index in [1.807, 2.05) is 6.92 Å². The summed E-state index contributed by atoms with van der Waals surface area (Å²) in [5, 5.41) is 0.859. The molecule has 2 unspecified atom stereocenters. The molecule has 0 radical (unpaired) electrons. The molecule has 13 heavy (non-hydrogen) atoms. The third kappa shape index (κ3) is 2.72. The molecule has 0 heterocycles. The lowest BCUT2D eigenvalue weighted by atomic mass is 9.98. The predicted octanol–water partition coefficient (Wildman–Crippen LogP) is 4.54. The van der Waals surface area contributed by atoms with Gasteiger partial charge in [0, 0.05) is 9.85 Å². The van der Waals surface area contributed by atoms with Crippen molar-refractivity contribution in [1.29, 1.82) is 0 Å². The van der Waals surface area contributed by atoms with E-state index in [9.17, 15) is 0 Å². The molecule has 2 heteroatoms. The van der Waals surface area contributed by atoms with E-state index >= 15 is 0 Å². The fraction of sp³-hybridized carbons (Fsp3) is 0.455. The molecule has 0 aliphatic carbocycles. The maximum Gasteiger partial charge on any atom is 0.0438 e. The molecule has 72 valence electrons. The zero-order chi connectivity index (χ0) is 10.0. The smallest absolute Gasteiger partial charge is 0.0438 e. The Bertz CT molecular complexity index is 294. The standard InChI is InChI=1S/C11H14BrCl/c1-7-4-5-10(6-11(7)13)8(2)9(3)12/h4-6,8-9H,1-3H3. The number of aryl methyl sites for hydroxylation is 1. The fourth-order valence-electron chi connectivity index (χ4n) is 1.16. The van der Waals surface area contributed by atoms with Crippen LogP contribution in [-0.4, -0.2) is 4.83 Å². The van der Waals surface area contributed by atoms with Crippen molar-refractivity contribution in [2.75, 3.05) is 0 Å². The van der Waals surface area contributed by atoms with Crippen LogP contribution >= 0.6 is 27.5 Å². The second-order valence-corrected chi connectivity index (χ2v) is 5.33. The molecule has 0 spiro atoms. The summed E-state index contributed by atoms with van der Waals surface area (Å²) in [7, 11) is 0. The van der Waals surface area contributed by atoms with E-state index in [4.69, 9.17) is 11.6 Å². The molecule has 0 N–H and O–H groups in total. The van der Waals surface area contributed by atoms with E-state index in [2.05, 4.69) is 48.0 Å². The first kappa shape index (κ1) is 11.1. The molecule has 0 bridgehead atoms. The molecule has 2 atom stereocenters. The Labute approximate surface area is 93.4 Å². The second kappa shape index (κ2) is 4.47. The van der Waals surface area contributed by atoms with Gasteiger partial charge in [0.25, 0.3) is 0 Å². The van der Waals surface area contributed by atoms with Gasteiger partial charge < -0.3 is 0 Å². The number of hydrogen-bond donors (Lipinski definition) is 0. The molecule has 1 aromatic rings. The van der Waals surface area contributed by atoms with E-state index in [0.29, 0.717) is 10.7 Å². The summed E-state index contributed by atoms with van der Waals surface area (Å²) in [6.45, 7) is 6.37. The second-order valence-electron chi connectivity index (χ2n) is 3.47.